The summed E-state index contributed by atoms with van der Waals surface area (Å²) in [7, 11) is 0. The van der Waals surface area contributed by atoms with Gasteiger partial charge in [-0.05, 0) is 118 Å². The molecule has 0 saturated carbocycles. The lowest BCUT2D eigenvalue weighted by Crippen LogP contribution is -2.16. The Morgan fingerprint density at radius 3 is 1.68 bits per heavy atom. The predicted octanol–water partition coefficient (Wildman–Crippen LogP) is 16.6. The van der Waals surface area contributed by atoms with Crippen LogP contribution in [0.5, 0.6) is 0 Å². The van der Waals surface area contributed by atoms with E-state index in [0.717, 1.165) is 28.2 Å². The Morgan fingerprint density at radius 2 is 0.917 bits per heavy atom. The molecule has 0 unspecified atom stereocenters. The van der Waals surface area contributed by atoms with Crippen molar-refractivity contribution in [1.29, 1.82) is 0 Å². The summed E-state index contributed by atoms with van der Waals surface area (Å²) in [5.74, 6) is 0. The van der Waals surface area contributed by atoms with Crippen LogP contribution >= 0.6 is 0 Å². The van der Waals surface area contributed by atoms with Crippen LogP contribution in [0.15, 0.2) is 225 Å². The van der Waals surface area contributed by atoms with Crippen LogP contribution in [0.1, 0.15) is 11.1 Å². The van der Waals surface area contributed by atoms with E-state index in [1.54, 1.807) is 0 Å². The fraction of sp³-hybridized carbons (Fsp3) is 0.0169. The molecule has 1 heteroatoms. The van der Waals surface area contributed by atoms with E-state index in [2.05, 4.69) is 230 Å². The molecule has 282 valence electrons. The number of fused-ring (bicyclic) bond motifs is 6. The quantitative estimate of drug-likeness (QED) is 0.115. The highest BCUT2D eigenvalue weighted by atomic mass is 15.2. The minimum atomic E-state index is 0.923. The van der Waals surface area contributed by atoms with Crippen molar-refractivity contribution in [2.24, 2.45) is 0 Å². The van der Waals surface area contributed by atoms with Gasteiger partial charge in [0.25, 0.3) is 0 Å². The Balaban J connectivity index is 1.07. The number of aryl methyl sites for hydroxylation is 1. The minimum Gasteiger partial charge on any atom is -0.310 e. The number of anilines is 2. The maximum atomic E-state index is 4.81. The summed E-state index contributed by atoms with van der Waals surface area (Å²) in [6.07, 6.45) is 0. The summed E-state index contributed by atoms with van der Waals surface area (Å²) >= 11 is 0. The second-order valence-corrected chi connectivity index (χ2v) is 15.8. The van der Waals surface area contributed by atoms with Crippen molar-refractivity contribution in [2.75, 3.05) is 4.90 Å². The first-order valence-corrected chi connectivity index (χ1v) is 20.7. The summed E-state index contributed by atoms with van der Waals surface area (Å²) in [4.78, 5) is 2.35. The molecule has 0 amide bonds. The zero-order valence-electron chi connectivity index (χ0n) is 33.4. The Hall–Kier alpha value is -7.74. The number of para-hydroxylation sites is 1. The van der Waals surface area contributed by atoms with Crippen LogP contribution in [0.4, 0.5) is 11.4 Å². The molecule has 11 rings (SSSR count). The maximum absolute atomic E-state index is 4.81. The highest BCUT2D eigenvalue weighted by Gasteiger charge is 2.22. The SMILES string of the molecule is C=C(c1ccc(-c2ccc3c(-c4cccc5ccccc45)c4ccccc4c(-c4ccccc4)c3c2)cc1)N(c1ccccc1C)c1cc2ccccc2c2ccccc12. The molecule has 60 heavy (non-hydrogen) atoms. The molecule has 0 saturated heterocycles. The van der Waals surface area contributed by atoms with Crippen LogP contribution in [0.2, 0.25) is 0 Å². The maximum Gasteiger partial charge on any atom is 0.0546 e. The van der Waals surface area contributed by atoms with Gasteiger partial charge in [-0.25, -0.2) is 0 Å². The van der Waals surface area contributed by atoms with Gasteiger partial charge in [-0.2, -0.15) is 0 Å². The van der Waals surface area contributed by atoms with E-state index in [0.29, 0.717) is 0 Å². The summed E-state index contributed by atoms with van der Waals surface area (Å²) in [5.41, 5.74) is 12.7. The molecule has 1 nitrogen and oxygen atoms in total. The van der Waals surface area contributed by atoms with E-state index >= 15 is 0 Å². The molecule has 11 aromatic carbocycles. The van der Waals surface area contributed by atoms with Crippen molar-refractivity contribution in [3.63, 3.8) is 0 Å². The van der Waals surface area contributed by atoms with Gasteiger partial charge in [0.15, 0.2) is 0 Å². The van der Waals surface area contributed by atoms with E-state index in [-0.39, 0.29) is 0 Å². The zero-order chi connectivity index (χ0) is 40.2. The van der Waals surface area contributed by atoms with E-state index in [4.69, 9.17) is 6.58 Å². The molecule has 0 atom stereocenters. The molecule has 0 aliphatic rings. The molecule has 0 aliphatic heterocycles. The first-order chi connectivity index (χ1) is 29.6. The molecule has 11 aromatic rings. The van der Waals surface area contributed by atoms with Gasteiger partial charge in [-0.15, -0.1) is 0 Å². The fourth-order valence-corrected chi connectivity index (χ4v) is 9.45. The van der Waals surface area contributed by atoms with Gasteiger partial charge < -0.3 is 4.90 Å². The monoisotopic (exact) mass is 763 g/mol. The number of benzene rings is 11. The molecule has 0 radical (unpaired) electrons. The van der Waals surface area contributed by atoms with Crippen LogP contribution in [-0.2, 0) is 0 Å². The highest BCUT2D eigenvalue weighted by Crippen LogP contribution is 2.47. The molecular formula is C59H41N. The lowest BCUT2D eigenvalue weighted by Gasteiger charge is -2.30. The van der Waals surface area contributed by atoms with Crippen LogP contribution < -0.4 is 4.90 Å². The predicted molar refractivity (Wildman–Crippen MR) is 259 cm³/mol. The van der Waals surface area contributed by atoms with Crippen LogP contribution in [0.3, 0.4) is 0 Å². The number of rotatable bonds is 7. The topological polar surface area (TPSA) is 3.24 Å². The lowest BCUT2D eigenvalue weighted by molar-refractivity contribution is 1.28. The number of hydrogen-bond donors (Lipinski definition) is 0. The molecule has 0 fully saturated rings. The second-order valence-electron chi connectivity index (χ2n) is 15.8. The van der Waals surface area contributed by atoms with E-state index < -0.39 is 0 Å². The van der Waals surface area contributed by atoms with Crippen molar-refractivity contribution in [1.82, 2.24) is 0 Å². The van der Waals surface area contributed by atoms with Crippen molar-refractivity contribution < 1.29 is 0 Å². The largest absolute Gasteiger partial charge is 0.310 e. The molecular weight excluding hydrogens is 723 g/mol. The minimum absolute atomic E-state index is 0.923. The highest BCUT2D eigenvalue weighted by molar-refractivity contribution is 6.24. The van der Waals surface area contributed by atoms with E-state index in [1.165, 1.54) is 87.2 Å². The average molecular weight is 764 g/mol. The van der Waals surface area contributed by atoms with Gasteiger partial charge in [-0.1, -0.05) is 207 Å². The van der Waals surface area contributed by atoms with Crippen molar-refractivity contribution >= 4 is 70.9 Å². The third-order valence-electron chi connectivity index (χ3n) is 12.3. The molecule has 0 bridgehead atoms. The van der Waals surface area contributed by atoms with Gasteiger partial charge in [0, 0.05) is 16.8 Å². The van der Waals surface area contributed by atoms with Crippen LogP contribution in [-0.4, -0.2) is 0 Å². The second kappa shape index (κ2) is 14.6. The molecule has 0 spiro atoms. The number of nitrogens with zero attached hydrogens (tertiary/aromatic N) is 1. The number of hydrogen-bond acceptors (Lipinski definition) is 1. The van der Waals surface area contributed by atoms with Crippen LogP contribution in [0, 0.1) is 6.92 Å². The summed E-state index contributed by atoms with van der Waals surface area (Å²) in [6, 6.07) is 79.6. The molecule has 0 heterocycles. The Kier molecular flexibility index (Phi) is 8.60. The van der Waals surface area contributed by atoms with Gasteiger partial charge in [0.1, 0.15) is 0 Å². The zero-order valence-corrected chi connectivity index (χ0v) is 33.4. The summed E-state index contributed by atoms with van der Waals surface area (Å²) < 4.78 is 0. The summed E-state index contributed by atoms with van der Waals surface area (Å²) in [5, 5.41) is 12.4. The third kappa shape index (κ3) is 5.86. The molecule has 0 aromatic heterocycles. The van der Waals surface area contributed by atoms with Crippen molar-refractivity contribution in [3.05, 3.63) is 236 Å². The molecule has 0 aliphatic carbocycles. The van der Waals surface area contributed by atoms with Gasteiger partial charge in [-0.3, -0.25) is 0 Å². The van der Waals surface area contributed by atoms with E-state index in [1.807, 2.05) is 0 Å². The first-order valence-electron chi connectivity index (χ1n) is 20.7. The standard InChI is InChI=1S/C59H41N/c1-39-17-6-15-30-56(39)60(57-38-46-21-8-10-24-48(46)49-25-11-12-26-50(49)57)40(2)41-31-33-42(34-32-41)45-35-36-54-55(37-45)58(44-19-4-3-5-20-44)52-27-13-14-28-53(52)59(54)51-29-16-22-43-18-7-9-23-47(43)51/h3-38H,2H2,1H3. The smallest absolute Gasteiger partial charge is 0.0546 e. The van der Waals surface area contributed by atoms with Gasteiger partial charge >= 0.3 is 0 Å². The first kappa shape index (κ1) is 35.4. The lowest BCUT2D eigenvalue weighted by atomic mass is 9.84. The van der Waals surface area contributed by atoms with Crippen molar-refractivity contribution in [3.8, 4) is 33.4 Å². The van der Waals surface area contributed by atoms with Gasteiger partial charge in [0.2, 0.25) is 0 Å². The van der Waals surface area contributed by atoms with Gasteiger partial charge in [0.05, 0.1) is 5.69 Å². The van der Waals surface area contributed by atoms with E-state index in [9.17, 15) is 0 Å². The molecule has 0 N–H and O–H groups in total. The summed E-state index contributed by atoms with van der Waals surface area (Å²) in [6.45, 7) is 6.99. The Labute approximate surface area is 350 Å². The van der Waals surface area contributed by atoms with Crippen molar-refractivity contribution in [2.45, 2.75) is 6.92 Å². The fourth-order valence-electron chi connectivity index (χ4n) is 9.45. The third-order valence-corrected chi connectivity index (χ3v) is 12.3. The normalized spacial score (nSPS) is 11.5. The average Bonchev–Trinajstić information content (AvgIpc) is 3.31. The Morgan fingerprint density at radius 1 is 0.350 bits per heavy atom. The Bertz CT molecular complexity index is 3440. The van der Waals surface area contributed by atoms with Crippen LogP contribution in [0.25, 0.3) is 92.9 Å².